The fourth-order valence-corrected chi connectivity index (χ4v) is 2.95. The van der Waals surface area contributed by atoms with Crippen LogP contribution >= 0.6 is 11.3 Å². The Morgan fingerprint density at radius 3 is 2.79 bits per heavy atom. The number of nitrogens with one attached hydrogen (secondary N) is 1. The SMILES string of the molecule is CC(OC(=O)CCc1nc(-c2ccsc2)no1)C(=O)NCc1ccc(F)cc1. The fraction of sp³-hybridized carbons (Fsp3) is 0.263. The van der Waals surface area contributed by atoms with Crippen LogP contribution in [0.2, 0.25) is 0 Å². The molecule has 1 amide bonds. The molecule has 0 aliphatic carbocycles. The summed E-state index contributed by atoms with van der Waals surface area (Å²) in [4.78, 5) is 28.2. The van der Waals surface area contributed by atoms with Crippen LogP contribution in [0.5, 0.6) is 0 Å². The predicted molar refractivity (Wildman–Crippen MR) is 99.7 cm³/mol. The number of amides is 1. The van der Waals surface area contributed by atoms with Gasteiger partial charge in [-0.15, -0.1) is 0 Å². The Hall–Kier alpha value is -3.07. The van der Waals surface area contributed by atoms with Crippen molar-refractivity contribution < 1.29 is 23.2 Å². The van der Waals surface area contributed by atoms with E-state index >= 15 is 0 Å². The maximum Gasteiger partial charge on any atom is 0.307 e. The van der Waals surface area contributed by atoms with E-state index in [0.717, 1.165) is 11.1 Å². The largest absolute Gasteiger partial charge is 0.453 e. The Morgan fingerprint density at radius 2 is 2.07 bits per heavy atom. The van der Waals surface area contributed by atoms with Gasteiger partial charge in [0.1, 0.15) is 5.82 Å². The van der Waals surface area contributed by atoms with Crippen molar-refractivity contribution in [1.82, 2.24) is 15.5 Å². The molecule has 1 aromatic carbocycles. The zero-order chi connectivity index (χ0) is 19.9. The number of hydrogen-bond acceptors (Lipinski definition) is 7. The predicted octanol–water partition coefficient (Wildman–Crippen LogP) is 3.12. The monoisotopic (exact) mass is 403 g/mol. The normalized spacial score (nSPS) is 11.8. The second kappa shape index (κ2) is 9.23. The number of aromatic nitrogens is 2. The van der Waals surface area contributed by atoms with Crippen molar-refractivity contribution in [2.45, 2.75) is 32.4 Å². The molecular weight excluding hydrogens is 385 g/mol. The van der Waals surface area contributed by atoms with Crippen molar-refractivity contribution in [2.24, 2.45) is 0 Å². The van der Waals surface area contributed by atoms with Gasteiger partial charge < -0.3 is 14.6 Å². The quantitative estimate of drug-likeness (QED) is 0.581. The molecule has 3 aromatic rings. The van der Waals surface area contributed by atoms with E-state index in [1.165, 1.54) is 30.4 Å². The lowest BCUT2D eigenvalue weighted by atomic mass is 10.2. The van der Waals surface area contributed by atoms with Crippen molar-refractivity contribution in [2.75, 3.05) is 0 Å². The molecule has 1 atom stereocenters. The highest BCUT2D eigenvalue weighted by Gasteiger charge is 2.18. The van der Waals surface area contributed by atoms with Crippen LogP contribution in [0.3, 0.4) is 0 Å². The average Bonchev–Trinajstić information content (AvgIpc) is 3.37. The highest BCUT2D eigenvalue weighted by Crippen LogP contribution is 2.19. The maximum absolute atomic E-state index is 12.9. The van der Waals surface area contributed by atoms with Crippen LogP contribution in [0, 0.1) is 5.82 Å². The van der Waals surface area contributed by atoms with E-state index in [2.05, 4.69) is 15.5 Å². The number of carbonyl (C=O) groups excluding carboxylic acids is 2. The number of nitrogens with zero attached hydrogens (tertiary/aromatic N) is 2. The van der Waals surface area contributed by atoms with E-state index in [4.69, 9.17) is 9.26 Å². The number of halogens is 1. The van der Waals surface area contributed by atoms with Gasteiger partial charge in [0, 0.05) is 23.9 Å². The molecule has 2 heterocycles. The van der Waals surface area contributed by atoms with E-state index in [-0.39, 0.29) is 25.2 Å². The summed E-state index contributed by atoms with van der Waals surface area (Å²) in [6.45, 7) is 1.70. The topological polar surface area (TPSA) is 94.3 Å². The first-order valence-electron chi connectivity index (χ1n) is 8.58. The first-order chi connectivity index (χ1) is 13.5. The van der Waals surface area contributed by atoms with Crippen molar-refractivity contribution in [1.29, 1.82) is 0 Å². The summed E-state index contributed by atoms with van der Waals surface area (Å²) >= 11 is 1.52. The van der Waals surface area contributed by atoms with Gasteiger partial charge in [0.15, 0.2) is 6.10 Å². The zero-order valence-electron chi connectivity index (χ0n) is 15.1. The summed E-state index contributed by atoms with van der Waals surface area (Å²) in [7, 11) is 0. The van der Waals surface area contributed by atoms with Gasteiger partial charge in [-0.05, 0) is 36.1 Å². The van der Waals surface area contributed by atoms with E-state index in [1.807, 2.05) is 16.8 Å². The summed E-state index contributed by atoms with van der Waals surface area (Å²) < 4.78 is 23.1. The molecule has 2 aromatic heterocycles. The lowest BCUT2D eigenvalue weighted by molar-refractivity contribution is -0.154. The van der Waals surface area contributed by atoms with E-state index in [0.29, 0.717) is 11.7 Å². The third kappa shape index (κ3) is 5.46. The first kappa shape index (κ1) is 19.7. The van der Waals surface area contributed by atoms with Crippen LogP contribution in [0.25, 0.3) is 11.4 Å². The molecule has 28 heavy (non-hydrogen) atoms. The van der Waals surface area contributed by atoms with Crippen LogP contribution in [0.15, 0.2) is 45.6 Å². The molecule has 3 rings (SSSR count). The third-order valence-electron chi connectivity index (χ3n) is 3.85. The van der Waals surface area contributed by atoms with Gasteiger partial charge in [0.25, 0.3) is 5.91 Å². The fourth-order valence-electron chi connectivity index (χ4n) is 2.32. The van der Waals surface area contributed by atoms with Gasteiger partial charge in [0.2, 0.25) is 11.7 Å². The smallest absolute Gasteiger partial charge is 0.307 e. The lowest BCUT2D eigenvalue weighted by Gasteiger charge is -2.13. The summed E-state index contributed by atoms with van der Waals surface area (Å²) in [6, 6.07) is 7.64. The number of hydrogen-bond donors (Lipinski definition) is 1. The molecule has 0 fully saturated rings. The zero-order valence-corrected chi connectivity index (χ0v) is 15.9. The summed E-state index contributed by atoms with van der Waals surface area (Å²) in [5, 5.41) is 10.3. The lowest BCUT2D eigenvalue weighted by Crippen LogP contribution is -2.35. The van der Waals surface area contributed by atoms with Crippen LogP contribution < -0.4 is 5.32 Å². The summed E-state index contributed by atoms with van der Waals surface area (Å²) in [5.74, 6) is -0.527. The van der Waals surface area contributed by atoms with Gasteiger partial charge in [-0.25, -0.2) is 4.39 Å². The minimum absolute atomic E-state index is 0.0147. The van der Waals surface area contributed by atoms with E-state index in [9.17, 15) is 14.0 Å². The molecule has 0 saturated heterocycles. The minimum atomic E-state index is -0.947. The average molecular weight is 403 g/mol. The van der Waals surface area contributed by atoms with Gasteiger partial charge in [-0.2, -0.15) is 16.3 Å². The van der Waals surface area contributed by atoms with E-state index in [1.54, 1.807) is 12.1 Å². The third-order valence-corrected chi connectivity index (χ3v) is 4.53. The summed E-state index contributed by atoms with van der Waals surface area (Å²) in [6.07, 6.45) is -0.710. The Balaban J connectivity index is 1.41. The molecule has 0 radical (unpaired) electrons. The number of rotatable bonds is 8. The highest BCUT2D eigenvalue weighted by molar-refractivity contribution is 7.08. The minimum Gasteiger partial charge on any atom is -0.453 e. The van der Waals surface area contributed by atoms with E-state index < -0.39 is 18.0 Å². The molecule has 146 valence electrons. The van der Waals surface area contributed by atoms with Gasteiger partial charge >= 0.3 is 5.97 Å². The van der Waals surface area contributed by atoms with Crippen LogP contribution in [0.4, 0.5) is 4.39 Å². The molecule has 1 unspecified atom stereocenters. The Labute approximate surface area is 164 Å². The van der Waals surface area contributed by atoms with Crippen LogP contribution in [-0.2, 0) is 27.3 Å². The Kier molecular flexibility index (Phi) is 6.49. The van der Waals surface area contributed by atoms with Gasteiger partial charge in [-0.3, -0.25) is 9.59 Å². The van der Waals surface area contributed by atoms with Crippen molar-refractivity contribution in [3.8, 4) is 11.4 Å². The van der Waals surface area contributed by atoms with Gasteiger partial charge in [0.05, 0.1) is 6.42 Å². The van der Waals surface area contributed by atoms with Crippen LogP contribution in [0.1, 0.15) is 24.8 Å². The number of thiophene rings is 1. The van der Waals surface area contributed by atoms with Crippen molar-refractivity contribution in [3.05, 3.63) is 58.4 Å². The molecule has 1 N–H and O–H groups in total. The number of ether oxygens (including phenoxy) is 1. The highest BCUT2D eigenvalue weighted by atomic mass is 32.1. The molecule has 9 heteroatoms. The molecule has 0 spiro atoms. The maximum atomic E-state index is 12.9. The number of aryl methyl sites for hydroxylation is 1. The Morgan fingerprint density at radius 1 is 1.29 bits per heavy atom. The standard InChI is InChI=1S/C19H18FN3O4S/c1-12(19(25)21-10-13-2-4-15(20)5-3-13)26-17(24)7-6-16-22-18(23-27-16)14-8-9-28-11-14/h2-5,8-9,11-12H,6-7,10H2,1H3,(H,21,25). The summed E-state index contributed by atoms with van der Waals surface area (Å²) in [5.41, 5.74) is 1.60. The second-order valence-corrected chi connectivity index (χ2v) is 6.78. The van der Waals surface area contributed by atoms with Crippen molar-refractivity contribution in [3.63, 3.8) is 0 Å². The van der Waals surface area contributed by atoms with Crippen molar-refractivity contribution >= 4 is 23.2 Å². The Bertz CT molecular complexity index is 925. The molecule has 7 nitrogen and oxygen atoms in total. The number of benzene rings is 1. The number of carbonyl (C=O) groups is 2. The van der Waals surface area contributed by atoms with Crippen LogP contribution in [-0.4, -0.2) is 28.1 Å². The number of esters is 1. The first-order valence-corrected chi connectivity index (χ1v) is 9.52. The molecule has 0 bridgehead atoms. The molecule has 0 aliphatic heterocycles. The molecular formula is C19H18FN3O4S. The molecule has 0 aliphatic rings. The second-order valence-electron chi connectivity index (χ2n) is 6.00. The molecule has 0 saturated carbocycles. The van der Waals surface area contributed by atoms with Gasteiger partial charge in [-0.1, -0.05) is 17.3 Å².